The molecular weight excluding hydrogens is 224 g/mol. The van der Waals surface area contributed by atoms with E-state index in [1.807, 2.05) is 13.8 Å². The van der Waals surface area contributed by atoms with E-state index in [4.69, 9.17) is 10.5 Å². The molecule has 17 heavy (non-hydrogen) atoms. The molecule has 0 fully saturated rings. The van der Waals surface area contributed by atoms with Crippen molar-refractivity contribution in [1.29, 1.82) is 0 Å². The van der Waals surface area contributed by atoms with Crippen molar-refractivity contribution in [2.75, 3.05) is 6.61 Å². The molecule has 0 radical (unpaired) electrons. The highest BCUT2D eigenvalue weighted by Gasteiger charge is 2.20. The number of hydrogen-bond acceptors (Lipinski definition) is 2. The summed E-state index contributed by atoms with van der Waals surface area (Å²) < 4.78 is 31.4. The largest absolute Gasteiger partial charge is 0.375 e. The fourth-order valence-corrected chi connectivity index (χ4v) is 1.46. The summed E-state index contributed by atoms with van der Waals surface area (Å²) in [6.45, 7) is 4.47. The Labute approximate surface area is 101 Å². The van der Waals surface area contributed by atoms with Crippen LogP contribution in [0, 0.1) is 11.6 Å². The minimum atomic E-state index is -0.583. The summed E-state index contributed by atoms with van der Waals surface area (Å²) in [6, 6.07) is 3.46. The van der Waals surface area contributed by atoms with Crippen LogP contribution in [0.15, 0.2) is 18.2 Å². The Hall–Kier alpha value is -1.00. The van der Waals surface area contributed by atoms with Gasteiger partial charge in [0.1, 0.15) is 11.6 Å². The van der Waals surface area contributed by atoms with Crippen molar-refractivity contribution < 1.29 is 13.5 Å². The highest BCUT2D eigenvalue weighted by Crippen LogP contribution is 2.15. The fourth-order valence-electron chi connectivity index (χ4n) is 1.46. The van der Waals surface area contributed by atoms with Crippen molar-refractivity contribution in [2.45, 2.75) is 38.8 Å². The first-order valence-electron chi connectivity index (χ1n) is 5.81. The fraction of sp³-hybridized carbons (Fsp3) is 0.538. The lowest BCUT2D eigenvalue weighted by Gasteiger charge is -2.26. The monoisotopic (exact) mass is 243 g/mol. The van der Waals surface area contributed by atoms with E-state index in [0.717, 1.165) is 18.9 Å². The van der Waals surface area contributed by atoms with E-state index in [9.17, 15) is 8.78 Å². The molecule has 0 aromatic heterocycles. The van der Waals surface area contributed by atoms with Crippen molar-refractivity contribution in [3.63, 3.8) is 0 Å². The summed E-state index contributed by atoms with van der Waals surface area (Å²) in [7, 11) is 0. The standard InChI is InChI=1S/C13H19F2NO/c1-3-13(16,4-2)9-17-8-10-5-6-11(14)7-12(10)15/h5-7H,3-4,8-9,16H2,1-2H3. The van der Waals surface area contributed by atoms with Crippen LogP contribution in [0.25, 0.3) is 0 Å². The summed E-state index contributed by atoms with van der Waals surface area (Å²) in [4.78, 5) is 0. The van der Waals surface area contributed by atoms with Crippen LogP contribution in [-0.2, 0) is 11.3 Å². The molecule has 0 saturated carbocycles. The molecule has 4 heteroatoms. The number of hydrogen-bond donors (Lipinski definition) is 1. The third-order valence-corrected chi connectivity index (χ3v) is 3.07. The quantitative estimate of drug-likeness (QED) is 0.833. The normalized spacial score (nSPS) is 11.8. The van der Waals surface area contributed by atoms with Gasteiger partial charge in [0.05, 0.1) is 13.2 Å². The molecule has 1 rings (SSSR count). The Morgan fingerprint density at radius 2 is 1.88 bits per heavy atom. The predicted octanol–water partition coefficient (Wildman–Crippen LogP) is 3.00. The van der Waals surface area contributed by atoms with Gasteiger partial charge in [0.15, 0.2) is 0 Å². The van der Waals surface area contributed by atoms with Crippen LogP contribution in [0.5, 0.6) is 0 Å². The highest BCUT2D eigenvalue weighted by molar-refractivity contribution is 5.17. The summed E-state index contributed by atoms with van der Waals surface area (Å²) in [5.74, 6) is -1.16. The first-order chi connectivity index (χ1) is 8.00. The van der Waals surface area contributed by atoms with Crippen LogP contribution in [0.4, 0.5) is 8.78 Å². The van der Waals surface area contributed by atoms with E-state index in [-0.39, 0.29) is 12.1 Å². The zero-order valence-electron chi connectivity index (χ0n) is 10.3. The second-order valence-corrected chi connectivity index (χ2v) is 4.30. The first-order valence-corrected chi connectivity index (χ1v) is 5.81. The zero-order chi connectivity index (χ0) is 12.9. The van der Waals surface area contributed by atoms with Crippen LogP contribution in [0.3, 0.4) is 0 Å². The van der Waals surface area contributed by atoms with Gasteiger partial charge in [-0.2, -0.15) is 0 Å². The number of rotatable bonds is 6. The van der Waals surface area contributed by atoms with E-state index in [1.54, 1.807) is 0 Å². The van der Waals surface area contributed by atoms with Gasteiger partial charge in [-0.15, -0.1) is 0 Å². The van der Waals surface area contributed by atoms with Gasteiger partial charge >= 0.3 is 0 Å². The molecular formula is C13H19F2NO. The minimum Gasteiger partial charge on any atom is -0.375 e. The first kappa shape index (κ1) is 14.1. The van der Waals surface area contributed by atoms with Gasteiger partial charge in [-0.05, 0) is 18.9 Å². The van der Waals surface area contributed by atoms with Crippen LogP contribution < -0.4 is 5.73 Å². The minimum absolute atomic E-state index is 0.116. The van der Waals surface area contributed by atoms with Crippen molar-refractivity contribution in [3.05, 3.63) is 35.4 Å². The molecule has 0 spiro atoms. The molecule has 0 aliphatic rings. The SMILES string of the molecule is CCC(N)(CC)COCc1ccc(F)cc1F. The summed E-state index contributed by atoms with van der Waals surface area (Å²) in [5, 5.41) is 0. The van der Waals surface area contributed by atoms with Crippen LogP contribution >= 0.6 is 0 Å². The molecule has 2 nitrogen and oxygen atoms in total. The highest BCUT2D eigenvalue weighted by atomic mass is 19.1. The Bertz CT molecular complexity index is 364. The lowest BCUT2D eigenvalue weighted by Crippen LogP contribution is -2.43. The average Bonchev–Trinajstić information content (AvgIpc) is 2.32. The molecule has 2 N–H and O–H groups in total. The molecule has 0 amide bonds. The molecule has 0 unspecified atom stereocenters. The van der Waals surface area contributed by atoms with Gasteiger partial charge in [-0.3, -0.25) is 0 Å². The molecule has 0 aliphatic heterocycles. The smallest absolute Gasteiger partial charge is 0.131 e. The van der Waals surface area contributed by atoms with E-state index in [2.05, 4.69) is 0 Å². The van der Waals surface area contributed by atoms with E-state index in [0.29, 0.717) is 12.2 Å². The third kappa shape index (κ3) is 4.06. The van der Waals surface area contributed by atoms with E-state index < -0.39 is 11.6 Å². The van der Waals surface area contributed by atoms with Crippen molar-refractivity contribution in [2.24, 2.45) is 5.73 Å². The third-order valence-electron chi connectivity index (χ3n) is 3.07. The molecule has 96 valence electrons. The maximum atomic E-state index is 13.3. The topological polar surface area (TPSA) is 35.2 Å². The second kappa shape index (κ2) is 6.07. The molecule has 1 aromatic carbocycles. The number of ether oxygens (including phenoxy) is 1. The van der Waals surface area contributed by atoms with Crippen LogP contribution in [-0.4, -0.2) is 12.1 Å². The Balaban J connectivity index is 2.51. The van der Waals surface area contributed by atoms with Gasteiger partial charge in [-0.1, -0.05) is 19.9 Å². The number of benzene rings is 1. The maximum Gasteiger partial charge on any atom is 0.131 e. The number of halogens is 2. The van der Waals surface area contributed by atoms with Gasteiger partial charge in [0.25, 0.3) is 0 Å². The molecule has 0 atom stereocenters. The van der Waals surface area contributed by atoms with Crippen LogP contribution in [0.2, 0.25) is 0 Å². The molecule has 0 saturated heterocycles. The van der Waals surface area contributed by atoms with Crippen LogP contribution in [0.1, 0.15) is 32.3 Å². The van der Waals surface area contributed by atoms with Crippen molar-refractivity contribution >= 4 is 0 Å². The Kier molecular flexibility index (Phi) is 5.02. The van der Waals surface area contributed by atoms with Crippen molar-refractivity contribution in [1.82, 2.24) is 0 Å². The molecule has 1 aromatic rings. The second-order valence-electron chi connectivity index (χ2n) is 4.30. The summed E-state index contributed by atoms with van der Waals surface area (Å²) >= 11 is 0. The van der Waals surface area contributed by atoms with E-state index in [1.165, 1.54) is 12.1 Å². The van der Waals surface area contributed by atoms with E-state index >= 15 is 0 Å². The lowest BCUT2D eigenvalue weighted by atomic mass is 9.96. The average molecular weight is 243 g/mol. The van der Waals surface area contributed by atoms with Gasteiger partial charge in [0, 0.05) is 17.2 Å². The van der Waals surface area contributed by atoms with Gasteiger partial charge < -0.3 is 10.5 Å². The predicted molar refractivity (Wildman–Crippen MR) is 63.5 cm³/mol. The number of nitrogens with two attached hydrogens (primary N) is 1. The molecule has 0 aliphatic carbocycles. The van der Waals surface area contributed by atoms with Crippen molar-refractivity contribution in [3.8, 4) is 0 Å². The Morgan fingerprint density at radius 3 is 2.41 bits per heavy atom. The Morgan fingerprint density at radius 1 is 1.24 bits per heavy atom. The lowest BCUT2D eigenvalue weighted by molar-refractivity contribution is 0.0680. The van der Waals surface area contributed by atoms with Gasteiger partial charge in [-0.25, -0.2) is 8.78 Å². The molecule has 0 heterocycles. The van der Waals surface area contributed by atoms with Gasteiger partial charge in [0.2, 0.25) is 0 Å². The zero-order valence-corrected chi connectivity index (χ0v) is 10.3. The maximum absolute atomic E-state index is 13.3. The summed E-state index contributed by atoms with van der Waals surface area (Å²) in [6.07, 6.45) is 1.60. The molecule has 0 bridgehead atoms. The summed E-state index contributed by atoms with van der Waals surface area (Å²) in [5.41, 5.74) is 6.03.